The number of nitrogens with zero attached hydrogens (tertiary/aromatic N) is 1. The minimum absolute atomic E-state index is 0.311. The van der Waals surface area contributed by atoms with E-state index in [1.54, 1.807) is 0 Å². The van der Waals surface area contributed by atoms with E-state index in [2.05, 4.69) is 48.4 Å². The third-order valence-electron chi connectivity index (χ3n) is 3.23. The molecule has 2 nitrogen and oxygen atoms in total. The monoisotopic (exact) mass is 274 g/mol. The highest BCUT2D eigenvalue weighted by atomic mass is 35.5. The van der Waals surface area contributed by atoms with Gasteiger partial charge in [0.15, 0.2) is 0 Å². The highest BCUT2D eigenvalue weighted by molar-refractivity contribution is 6.29. The van der Waals surface area contributed by atoms with E-state index in [0.717, 1.165) is 13.0 Å². The van der Waals surface area contributed by atoms with Crippen LogP contribution >= 0.6 is 11.6 Å². The summed E-state index contributed by atoms with van der Waals surface area (Å²) >= 11 is 5.82. The molecular formula is C16H19ClN2. The normalized spacial score (nSPS) is 12.4. The Kier molecular flexibility index (Phi) is 4.94. The van der Waals surface area contributed by atoms with Crippen LogP contribution in [0.3, 0.4) is 0 Å². The lowest BCUT2D eigenvalue weighted by Gasteiger charge is -2.17. The Hall–Kier alpha value is -1.38. The van der Waals surface area contributed by atoms with Gasteiger partial charge in [-0.1, -0.05) is 54.4 Å². The molecule has 0 aliphatic carbocycles. The maximum Gasteiger partial charge on any atom is 0.129 e. The predicted octanol–water partition coefficient (Wildman–Crippen LogP) is 4.28. The second kappa shape index (κ2) is 6.69. The quantitative estimate of drug-likeness (QED) is 0.823. The van der Waals surface area contributed by atoms with Gasteiger partial charge in [0.05, 0.1) is 0 Å². The number of hydrogen-bond donors (Lipinski definition) is 1. The van der Waals surface area contributed by atoms with Gasteiger partial charge >= 0.3 is 0 Å². The number of benzene rings is 1. The number of hydrogen-bond acceptors (Lipinski definition) is 2. The highest BCUT2D eigenvalue weighted by Gasteiger charge is 2.08. The molecule has 1 aromatic heterocycles. The van der Waals surface area contributed by atoms with Gasteiger partial charge < -0.3 is 5.32 Å². The van der Waals surface area contributed by atoms with Crippen molar-refractivity contribution in [2.45, 2.75) is 32.9 Å². The zero-order chi connectivity index (χ0) is 13.7. The van der Waals surface area contributed by atoms with E-state index >= 15 is 0 Å². The van der Waals surface area contributed by atoms with E-state index in [0.29, 0.717) is 11.2 Å². The molecule has 1 N–H and O–H groups in total. The van der Waals surface area contributed by atoms with Crippen molar-refractivity contribution < 1.29 is 0 Å². The summed E-state index contributed by atoms with van der Waals surface area (Å²) < 4.78 is 0. The summed E-state index contributed by atoms with van der Waals surface area (Å²) in [5.41, 5.74) is 3.77. The van der Waals surface area contributed by atoms with Crippen LogP contribution in [0.2, 0.25) is 5.15 Å². The lowest BCUT2D eigenvalue weighted by atomic mass is 10.1. The Bertz CT molecular complexity index is 505. The Labute approximate surface area is 119 Å². The van der Waals surface area contributed by atoms with Crippen molar-refractivity contribution in [3.8, 4) is 0 Å². The molecule has 19 heavy (non-hydrogen) atoms. The molecule has 0 aliphatic rings. The number of halogens is 1. The predicted molar refractivity (Wildman–Crippen MR) is 80.3 cm³/mol. The molecule has 0 aliphatic heterocycles. The molecule has 0 spiro atoms. The largest absolute Gasteiger partial charge is 0.306 e. The molecule has 0 radical (unpaired) electrons. The van der Waals surface area contributed by atoms with Crippen LogP contribution in [0.25, 0.3) is 0 Å². The van der Waals surface area contributed by atoms with E-state index in [1.165, 1.54) is 16.7 Å². The molecule has 0 amide bonds. The molecule has 0 saturated carbocycles. The van der Waals surface area contributed by atoms with E-state index in [-0.39, 0.29) is 0 Å². The van der Waals surface area contributed by atoms with Crippen molar-refractivity contribution in [1.29, 1.82) is 0 Å². The maximum absolute atomic E-state index is 5.82. The number of nitrogens with one attached hydrogen (secondary N) is 1. The van der Waals surface area contributed by atoms with Crippen molar-refractivity contribution in [3.05, 3.63) is 64.4 Å². The highest BCUT2D eigenvalue weighted by Crippen LogP contribution is 2.18. The molecular weight excluding hydrogens is 256 g/mol. The van der Waals surface area contributed by atoms with Crippen LogP contribution in [0.15, 0.2) is 42.6 Å². The third kappa shape index (κ3) is 4.05. The van der Waals surface area contributed by atoms with Gasteiger partial charge in [-0.05, 0) is 30.5 Å². The van der Waals surface area contributed by atoms with Gasteiger partial charge in [0.2, 0.25) is 0 Å². The molecule has 0 fully saturated rings. The first kappa shape index (κ1) is 14.0. The zero-order valence-electron chi connectivity index (χ0n) is 11.4. The van der Waals surface area contributed by atoms with E-state index in [4.69, 9.17) is 11.6 Å². The SMILES string of the molecule is CCC(NCc1ccc(C)cc1)c1ccc(Cl)nc1. The average Bonchev–Trinajstić information content (AvgIpc) is 2.43. The fourth-order valence-corrected chi connectivity index (χ4v) is 2.15. The van der Waals surface area contributed by atoms with Crippen molar-refractivity contribution >= 4 is 11.6 Å². The Morgan fingerprint density at radius 3 is 2.47 bits per heavy atom. The van der Waals surface area contributed by atoms with Crippen molar-refractivity contribution in [2.24, 2.45) is 0 Å². The summed E-state index contributed by atoms with van der Waals surface area (Å²) in [6.45, 7) is 5.13. The standard InChI is InChI=1S/C16H19ClN2/c1-3-15(14-8-9-16(17)19-11-14)18-10-13-6-4-12(2)5-7-13/h4-9,11,15,18H,3,10H2,1-2H3. The van der Waals surface area contributed by atoms with Gasteiger partial charge in [-0.2, -0.15) is 0 Å². The minimum Gasteiger partial charge on any atom is -0.306 e. The van der Waals surface area contributed by atoms with E-state index in [1.807, 2.05) is 18.3 Å². The average molecular weight is 275 g/mol. The van der Waals surface area contributed by atoms with Gasteiger partial charge in [-0.25, -0.2) is 4.98 Å². The summed E-state index contributed by atoms with van der Waals surface area (Å²) in [6, 6.07) is 12.8. The summed E-state index contributed by atoms with van der Waals surface area (Å²) in [4.78, 5) is 4.14. The van der Waals surface area contributed by atoms with Crippen LogP contribution in [-0.2, 0) is 6.54 Å². The lowest BCUT2D eigenvalue weighted by molar-refractivity contribution is 0.517. The first-order valence-electron chi connectivity index (χ1n) is 6.59. The molecule has 1 atom stereocenters. The van der Waals surface area contributed by atoms with Crippen molar-refractivity contribution in [1.82, 2.24) is 10.3 Å². The van der Waals surface area contributed by atoms with Gasteiger partial charge in [0, 0.05) is 18.8 Å². The summed E-state index contributed by atoms with van der Waals surface area (Å²) in [5.74, 6) is 0. The zero-order valence-corrected chi connectivity index (χ0v) is 12.1. The first-order chi connectivity index (χ1) is 9.19. The van der Waals surface area contributed by atoms with Gasteiger partial charge in [0.25, 0.3) is 0 Å². The molecule has 2 aromatic rings. The number of rotatable bonds is 5. The molecule has 1 unspecified atom stereocenters. The van der Waals surface area contributed by atoms with Crippen molar-refractivity contribution in [3.63, 3.8) is 0 Å². The smallest absolute Gasteiger partial charge is 0.129 e. The lowest BCUT2D eigenvalue weighted by Crippen LogP contribution is -2.20. The van der Waals surface area contributed by atoms with Gasteiger partial charge in [-0.3, -0.25) is 0 Å². The van der Waals surface area contributed by atoms with Crippen molar-refractivity contribution in [2.75, 3.05) is 0 Å². The molecule has 100 valence electrons. The molecule has 2 rings (SSSR count). The van der Waals surface area contributed by atoms with Crippen LogP contribution < -0.4 is 5.32 Å². The summed E-state index contributed by atoms with van der Waals surface area (Å²) in [6.07, 6.45) is 2.87. The minimum atomic E-state index is 0.311. The van der Waals surface area contributed by atoms with Crippen LogP contribution in [0.1, 0.15) is 36.1 Å². The fraction of sp³-hybridized carbons (Fsp3) is 0.312. The van der Waals surface area contributed by atoms with Crippen LogP contribution in [-0.4, -0.2) is 4.98 Å². The second-order valence-corrected chi connectivity index (χ2v) is 5.13. The molecule has 1 heterocycles. The van der Waals surface area contributed by atoms with Crippen LogP contribution in [0, 0.1) is 6.92 Å². The van der Waals surface area contributed by atoms with E-state index in [9.17, 15) is 0 Å². The molecule has 1 aromatic carbocycles. The molecule has 3 heteroatoms. The third-order valence-corrected chi connectivity index (χ3v) is 3.46. The Morgan fingerprint density at radius 1 is 1.16 bits per heavy atom. The Morgan fingerprint density at radius 2 is 1.89 bits per heavy atom. The maximum atomic E-state index is 5.82. The summed E-state index contributed by atoms with van der Waals surface area (Å²) in [5, 5.41) is 4.10. The topological polar surface area (TPSA) is 24.9 Å². The Balaban J connectivity index is 1.99. The fourth-order valence-electron chi connectivity index (χ4n) is 2.04. The number of pyridine rings is 1. The second-order valence-electron chi connectivity index (χ2n) is 4.74. The summed E-state index contributed by atoms with van der Waals surface area (Å²) in [7, 11) is 0. The first-order valence-corrected chi connectivity index (χ1v) is 6.97. The van der Waals surface area contributed by atoms with Gasteiger partial charge in [-0.15, -0.1) is 0 Å². The number of aromatic nitrogens is 1. The molecule has 0 saturated heterocycles. The molecule has 0 bridgehead atoms. The van der Waals surface area contributed by atoms with E-state index < -0.39 is 0 Å². The van der Waals surface area contributed by atoms with Crippen LogP contribution in [0.5, 0.6) is 0 Å². The van der Waals surface area contributed by atoms with Crippen LogP contribution in [0.4, 0.5) is 0 Å². The van der Waals surface area contributed by atoms with Gasteiger partial charge in [0.1, 0.15) is 5.15 Å². The number of aryl methyl sites for hydroxylation is 1.